The number of hydrogen-bond donors (Lipinski definition) is 1. The molecule has 1 fully saturated rings. The van der Waals surface area contributed by atoms with Crippen molar-refractivity contribution in [3.63, 3.8) is 0 Å². The molecule has 1 aliphatic heterocycles. The van der Waals surface area contributed by atoms with Gasteiger partial charge in [0.25, 0.3) is 5.91 Å². The fourth-order valence-electron chi connectivity index (χ4n) is 2.76. The van der Waals surface area contributed by atoms with Crippen LogP contribution >= 0.6 is 11.3 Å². The van der Waals surface area contributed by atoms with Crippen LogP contribution in [0.2, 0.25) is 0 Å². The van der Waals surface area contributed by atoms with Crippen LogP contribution in [0.15, 0.2) is 46.7 Å². The number of nitrogens with zero attached hydrogens (tertiary/aromatic N) is 2. The average molecular weight is 424 g/mol. The summed E-state index contributed by atoms with van der Waals surface area (Å²) in [6.07, 6.45) is -0.435. The van der Waals surface area contributed by atoms with E-state index in [1.807, 2.05) is 6.07 Å². The summed E-state index contributed by atoms with van der Waals surface area (Å²) in [5.74, 6) is -0.357. The zero-order valence-electron chi connectivity index (χ0n) is 15.3. The van der Waals surface area contributed by atoms with Crippen molar-refractivity contribution in [2.24, 2.45) is 0 Å². The summed E-state index contributed by atoms with van der Waals surface area (Å²) in [4.78, 5) is 26.0. The molecule has 28 heavy (non-hydrogen) atoms. The minimum atomic E-state index is -3.72. The summed E-state index contributed by atoms with van der Waals surface area (Å²) in [7, 11) is -3.72. The predicted octanol–water partition coefficient (Wildman–Crippen LogP) is 2.46. The molecular formula is C18H21N3O5S2. The van der Waals surface area contributed by atoms with Crippen molar-refractivity contribution in [3.05, 3.63) is 46.7 Å². The van der Waals surface area contributed by atoms with Crippen LogP contribution in [0.5, 0.6) is 0 Å². The molecule has 150 valence electrons. The molecule has 10 heteroatoms. The maximum atomic E-state index is 12.8. The number of anilines is 1. The topological polar surface area (TPSA) is 96.0 Å². The van der Waals surface area contributed by atoms with Gasteiger partial charge in [-0.1, -0.05) is 18.2 Å². The van der Waals surface area contributed by atoms with Crippen molar-refractivity contribution in [2.45, 2.75) is 11.8 Å². The number of benzene rings is 1. The number of carbonyl (C=O) groups is 2. The van der Waals surface area contributed by atoms with Gasteiger partial charge >= 0.3 is 6.09 Å². The number of hydrogen-bond acceptors (Lipinski definition) is 6. The molecular weight excluding hydrogens is 402 g/mol. The lowest BCUT2D eigenvalue weighted by atomic mass is 10.3. The first-order chi connectivity index (χ1) is 13.4. The second-order valence-corrected chi connectivity index (χ2v) is 8.91. The van der Waals surface area contributed by atoms with Crippen LogP contribution in [0.3, 0.4) is 0 Å². The van der Waals surface area contributed by atoms with E-state index in [0.717, 1.165) is 11.3 Å². The van der Waals surface area contributed by atoms with Gasteiger partial charge in [0, 0.05) is 37.2 Å². The largest absolute Gasteiger partial charge is 0.450 e. The Morgan fingerprint density at radius 1 is 1.14 bits per heavy atom. The molecule has 1 aromatic heterocycles. The second-order valence-electron chi connectivity index (χ2n) is 6.06. The zero-order valence-corrected chi connectivity index (χ0v) is 17.0. The van der Waals surface area contributed by atoms with E-state index in [1.165, 1.54) is 20.7 Å². The summed E-state index contributed by atoms with van der Waals surface area (Å²) >= 11 is 1.08. The number of piperazine rings is 1. The summed E-state index contributed by atoms with van der Waals surface area (Å²) < 4.78 is 32.0. The Bertz CT molecular complexity index is 935. The first-order valence-electron chi connectivity index (χ1n) is 8.78. The Labute approximate surface area is 167 Å². The van der Waals surface area contributed by atoms with Gasteiger partial charge in [0.2, 0.25) is 10.0 Å². The highest BCUT2D eigenvalue weighted by atomic mass is 32.2. The number of para-hydroxylation sites is 1. The van der Waals surface area contributed by atoms with E-state index in [1.54, 1.807) is 31.2 Å². The molecule has 0 saturated carbocycles. The molecule has 2 heterocycles. The molecule has 1 aromatic carbocycles. The molecule has 0 aliphatic carbocycles. The quantitative estimate of drug-likeness (QED) is 0.797. The molecule has 2 amide bonds. The Morgan fingerprint density at radius 3 is 2.46 bits per heavy atom. The van der Waals surface area contributed by atoms with E-state index in [2.05, 4.69) is 5.32 Å². The molecule has 1 N–H and O–H groups in total. The maximum absolute atomic E-state index is 12.8. The Balaban J connectivity index is 1.65. The van der Waals surface area contributed by atoms with Crippen molar-refractivity contribution in [1.82, 2.24) is 9.21 Å². The van der Waals surface area contributed by atoms with Gasteiger partial charge < -0.3 is 15.0 Å². The van der Waals surface area contributed by atoms with E-state index in [9.17, 15) is 18.0 Å². The summed E-state index contributed by atoms with van der Waals surface area (Å²) in [5, 5.41) is 4.20. The third kappa shape index (κ3) is 4.51. The van der Waals surface area contributed by atoms with Crippen LogP contribution in [0.4, 0.5) is 10.5 Å². The standard InChI is InChI=1S/C18H21N3O5S2/c1-2-26-18(23)20-8-10-21(11-9-20)28(24,25)15-12-16(27-13-15)17(22)19-14-6-4-3-5-7-14/h3-7,12-13H,2,8-11H2,1H3,(H,19,22). The Morgan fingerprint density at radius 2 is 1.82 bits per heavy atom. The van der Waals surface area contributed by atoms with Crippen molar-refractivity contribution >= 4 is 39.0 Å². The summed E-state index contributed by atoms with van der Waals surface area (Å²) in [6, 6.07) is 10.3. The van der Waals surface area contributed by atoms with Gasteiger partial charge in [-0.15, -0.1) is 11.3 Å². The highest BCUT2D eigenvalue weighted by molar-refractivity contribution is 7.89. The SMILES string of the molecule is CCOC(=O)N1CCN(S(=O)(=O)c2csc(C(=O)Nc3ccccc3)c2)CC1. The lowest BCUT2D eigenvalue weighted by Gasteiger charge is -2.33. The van der Waals surface area contributed by atoms with Crippen LogP contribution in [0.1, 0.15) is 16.6 Å². The van der Waals surface area contributed by atoms with Crippen LogP contribution in [-0.4, -0.2) is 62.4 Å². The van der Waals surface area contributed by atoms with E-state index >= 15 is 0 Å². The van der Waals surface area contributed by atoms with Crippen LogP contribution in [0, 0.1) is 0 Å². The fraction of sp³-hybridized carbons (Fsp3) is 0.333. The number of sulfonamides is 1. The van der Waals surface area contributed by atoms with Gasteiger partial charge in [-0.3, -0.25) is 4.79 Å². The molecule has 0 atom stereocenters. The number of nitrogens with one attached hydrogen (secondary N) is 1. The highest BCUT2D eigenvalue weighted by Gasteiger charge is 2.31. The first-order valence-corrected chi connectivity index (χ1v) is 11.1. The minimum Gasteiger partial charge on any atom is -0.450 e. The Kier molecular flexibility index (Phi) is 6.32. The van der Waals surface area contributed by atoms with Gasteiger partial charge in [-0.05, 0) is 25.1 Å². The van der Waals surface area contributed by atoms with Crippen molar-refractivity contribution in [1.29, 1.82) is 0 Å². The van der Waals surface area contributed by atoms with Crippen LogP contribution in [-0.2, 0) is 14.8 Å². The monoisotopic (exact) mass is 423 g/mol. The molecule has 0 bridgehead atoms. The number of ether oxygens (including phenoxy) is 1. The molecule has 0 radical (unpaired) electrons. The van der Waals surface area contributed by atoms with Crippen molar-refractivity contribution < 1.29 is 22.7 Å². The minimum absolute atomic E-state index is 0.0836. The van der Waals surface area contributed by atoms with E-state index in [4.69, 9.17) is 4.74 Å². The number of carbonyl (C=O) groups excluding carboxylic acids is 2. The van der Waals surface area contributed by atoms with Gasteiger partial charge in [0.05, 0.1) is 16.4 Å². The third-order valence-electron chi connectivity index (χ3n) is 4.23. The smallest absolute Gasteiger partial charge is 0.409 e. The zero-order chi connectivity index (χ0) is 20.1. The lowest BCUT2D eigenvalue weighted by Crippen LogP contribution is -2.50. The van der Waals surface area contributed by atoms with Gasteiger partial charge in [0.1, 0.15) is 0 Å². The van der Waals surface area contributed by atoms with E-state index < -0.39 is 16.1 Å². The Hall–Kier alpha value is -2.43. The van der Waals surface area contributed by atoms with Crippen molar-refractivity contribution in [3.8, 4) is 0 Å². The van der Waals surface area contributed by atoms with Crippen LogP contribution in [0.25, 0.3) is 0 Å². The number of thiophene rings is 1. The molecule has 8 nitrogen and oxygen atoms in total. The predicted molar refractivity (Wildman–Crippen MR) is 106 cm³/mol. The second kappa shape index (κ2) is 8.72. The van der Waals surface area contributed by atoms with Gasteiger partial charge in [-0.2, -0.15) is 4.31 Å². The molecule has 2 aromatic rings. The van der Waals surface area contributed by atoms with Gasteiger partial charge in [0.15, 0.2) is 0 Å². The maximum Gasteiger partial charge on any atom is 0.409 e. The van der Waals surface area contributed by atoms with E-state index in [-0.39, 0.29) is 43.6 Å². The molecule has 0 unspecified atom stereocenters. The molecule has 0 spiro atoms. The van der Waals surface area contributed by atoms with Crippen molar-refractivity contribution in [2.75, 3.05) is 38.1 Å². The summed E-state index contributed by atoms with van der Waals surface area (Å²) in [5.41, 5.74) is 0.639. The third-order valence-corrected chi connectivity index (χ3v) is 7.19. The first kappa shape index (κ1) is 20.3. The summed E-state index contributed by atoms with van der Waals surface area (Å²) in [6.45, 7) is 2.90. The molecule has 1 saturated heterocycles. The highest BCUT2D eigenvalue weighted by Crippen LogP contribution is 2.24. The van der Waals surface area contributed by atoms with Gasteiger partial charge in [-0.25, -0.2) is 13.2 Å². The normalized spacial score (nSPS) is 15.2. The number of amides is 2. The lowest BCUT2D eigenvalue weighted by molar-refractivity contribution is 0.0933. The van der Waals surface area contributed by atoms with Crippen LogP contribution < -0.4 is 5.32 Å². The molecule has 3 rings (SSSR count). The fourth-order valence-corrected chi connectivity index (χ4v) is 5.34. The molecule has 1 aliphatic rings. The average Bonchev–Trinajstić information content (AvgIpc) is 3.20. The number of rotatable bonds is 5. The van der Waals surface area contributed by atoms with E-state index in [0.29, 0.717) is 10.6 Å².